The minimum atomic E-state index is 0.212. The van der Waals surface area contributed by atoms with Crippen LogP contribution >= 0.6 is 0 Å². The first kappa shape index (κ1) is 12.0. The standard InChI is InChI=1S/C11H15N5/c1-2-3-7-16(9-12)11(13)15-10-5-4-6-14-8-10/h4-6,8H,2-3,7H2,1H3,(H2,13,15). The summed E-state index contributed by atoms with van der Waals surface area (Å²) >= 11 is 0. The summed E-state index contributed by atoms with van der Waals surface area (Å²) in [6.07, 6.45) is 7.20. The Morgan fingerprint density at radius 3 is 3.06 bits per heavy atom. The highest BCUT2D eigenvalue weighted by molar-refractivity contribution is 5.82. The molecular weight excluding hydrogens is 202 g/mol. The van der Waals surface area contributed by atoms with Crippen molar-refractivity contribution in [3.63, 3.8) is 0 Å². The van der Waals surface area contributed by atoms with E-state index in [1.165, 1.54) is 4.90 Å². The van der Waals surface area contributed by atoms with Crippen molar-refractivity contribution in [3.8, 4) is 6.19 Å². The van der Waals surface area contributed by atoms with Gasteiger partial charge in [-0.1, -0.05) is 13.3 Å². The Hall–Kier alpha value is -2.09. The summed E-state index contributed by atoms with van der Waals surface area (Å²) in [6.45, 7) is 2.66. The molecule has 0 aliphatic carbocycles. The summed E-state index contributed by atoms with van der Waals surface area (Å²) in [6, 6.07) is 3.56. The maximum atomic E-state index is 8.90. The fraction of sp³-hybridized carbons (Fsp3) is 0.364. The van der Waals surface area contributed by atoms with E-state index in [2.05, 4.69) is 16.9 Å². The van der Waals surface area contributed by atoms with E-state index < -0.39 is 0 Å². The van der Waals surface area contributed by atoms with E-state index in [9.17, 15) is 0 Å². The van der Waals surface area contributed by atoms with Crippen LogP contribution in [0, 0.1) is 11.5 Å². The predicted octanol–water partition coefficient (Wildman–Crippen LogP) is 1.61. The largest absolute Gasteiger partial charge is 0.369 e. The molecule has 2 N–H and O–H groups in total. The molecule has 1 aromatic heterocycles. The zero-order valence-corrected chi connectivity index (χ0v) is 9.30. The van der Waals surface area contributed by atoms with Crippen LogP contribution in [0.15, 0.2) is 29.5 Å². The van der Waals surface area contributed by atoms with Crippen LogP contribution in [0.3, 0.4) is 0 Å². The molecule has 0 saturated carbocycles. The Labute approximate surface area is 95.2 Å². The van der Waals surface area contributed by atoms with Gasteiger partial charge in [-0.15, -0.1) is 0 Å². The first-order valence-electron chi connectivity index (χ1n) is 5.19. The summed E-state index contributed by atoms with van der Waals surface area (Å²) in [5, 5.41) is 8.90. The van der Waals surface area contributed by atoms with Crippen LogP contribution in [0.5, 0.6) is 0 Å². The highest BCUT2D eigenvalue weighted by Crippen LogP contribution is 2.08. The smallest absolute Gasteiger partial charge is 0.210 e. The number of aromatic nitrogens is 1. The zero-order chi connectivity index (χ0) is 11.8. The van der Waals surface area contributed by atoms with E-state index in [1.54, 1.807) is 24.5 Å². The number of aliphatic imine (C=N–C) groups is 1. The lowest BCUT2D eigenvalue weighted by Gasteiger charge is -2.13. The third kappa shape index (κ3) is 3.58. The molecule has 84 valence electrons. The lowest BCUT2D eigenvalue weighted by molar-refractivity contribution is 0.538. The molecule has 0 amide bonds. The molecule has 1 rings (SSSR count). The van der Waals surface area contributed by atoms with Gasteiger partial charge in [0.15, 0.2) is 6.19 Å². The van der Waals surface area contributed by atoms with Crippen molar-refractivity contribution in [2.45, 2.75) is 19.8 Å². The van der Waals surface area contributed by atoms with Gasteiger partial charge in [0, 0.05) is 12.7 Å². The van der Waals surface area contributed by atoms with E-state index >= 15 is 0 Å². The quantitative estimate of drug-likeness (QED) is 0.359. The maximum Gasteiger partial charge on any atom is 0.210 e. The minimum Gasteiger partial charge on any atom is -0.369 e. The molecule has 0 fully saturated rings. The number of rotatable bonds is 4. The number of hydrogen-bond acceptors (Lipinski definition) is 3. The summed E-state index contributed by atoms with van der Waals surface area (Å²) in [5.41, 5.74) is 6.38. The molecule has 0 radical (unpaired) electrons. The van der Waals surface area contributed by atoms with E-state index in [4.69, 9.17) is 11.0 Å². The van der Waals surface area contributed by atoms with Gasteiger partial charge < -0.3 is 5.73 Å². The number of nitrogens with two attached hydrogens (primary N) is 1. The lowest BCUT2D eigenvalue weighted by Crippen LogP contribution is -2.33. The second-order valence-corrected chi connectivity index (χ2v) is 3.29. The van der Waals surface area contributed by atoms with Gasteiger partial charge in [-0.25, -0.2) is 9.89 Å². The Balaban J connectivity index is 2.72. The Bertz CT molecular complexity index is 379. The van der Waals surface area contributed by atoms with Crippen molar-refractivity contribution in [2.24, 2.45) is 10.7 Å². The number of pyridine rings is 1. The van der Waals surface area contributed by atoms with Gasteiger partial charge in [-0.2, -0.15) is 5.26 Å². The Morgan fingerprint density at radius 2 is 2.50 bits per heavy atom. The predicted molar refractivity (Wildman–Crippen MR) is 62.7 cm³/mol. The fourth-order valence-corrected chi connectivity index (χ4v) is 1.14. The molecule has 16 heavy (non-hydrogen) atoms. The molecule has 0 bridgehead atoms. The summed E-state index contributed by atoms with van der Waals surface area (Å²) in [5.74, 6) is 0.212. The van der Waals surface area contributed by atoms with Crippen LogP contribution < -0.4 is 5.73 Å². The Kier molecular flexibility index (Phi) is 4.80. The van der Waals surface area contributed by atoms with E-state index in [0.717, 1.165) is 12.8 Å². The van der Waals surface area contributed by atoms with Crippen LogP contribution in [0.25, 0.3) is 0 Å². The molecule has 0 unspecified atom stereocenters. The van der Waals surface area contributed by atoms with Crippen molar-refractivity contribution < 1.29 is 0 Å². The number of nitrogens with zero attached hydrogens (tertiary/aromatic N) is 4. The molecule has 0 aromatic carbocycles. The fourth-order valence-electron chi connectivity index (χ4n) is 1.14. The number of guanidine groups is 1. The second-order valence-electron chi connectivity index (χ2n) is 3.29. The maximum absolute atomic E-state index is 8.90. The van der Waals surface area contributed by atoms with Gasteiger partial charge in [0.05, 0.1) is 11.9 Å². The highest BCUT2D eigenvalue weighted by atomic mass is 15.2. The summed E-state index contributed by atoms with van der Waals surface area (Å²) in [4.78, 5) is 9.42. The second kappa shape index (κ2) is 6.40. The van der Waals surface area contributed by atoms with Crippen molar-refractivity contribution in [1.29, 1.82) is 5.26 Å². The number of hydrogen-bond donors (Lipinski definition) is 1. The number of unbranched alkanes of at least 4 members (excludes halogenated alkanes) is 1. The van der Waals surface area contributed by atoms with Gasteiger partial charge in [0.1, 0.15) is 0 Å². The van der Waals surface area contributed by atoms with Crippen molar-refractivity contribution >= 4 is 11.6 Å². The van der Waals surface area contributed by atoms with Crippen molar-refractivity contribution in [3.05, 3.63) is 24.5 Å². The average Bonchev–Trinajstić information content (AvgIpc) is 2.31. The summed E-state index contributed by atoms with van der Waals surface area (Å²) in [7, 11) is 0. The molecule has 1 heterocycles. The van der Waals surface area contributed by atoms with Crippen LogP contribution in [0.2, 0.25) is 0 Å². The van der Waals surface area contributed by atoms with Crippen LogP contribution in [-0.4, -0.2) is 22.4 Å². The molecular formula is C11H15N5. The lowest BCUT2D eigenvalue weighted by atomic mass is 10.3. The molecule has 0 saturated heterocycles. The van der Waals surface area contributed by atoms with E-state index in [0.29, 0.717) is 12.2 Å². The van der Waals surface area contributed by atoms with E-state index in [1.807, 2.05) is 6.19 Å². The Morgan fingerprint density at radius 1 is 1.69 bits per heavy atom. The van der Waals surface area contributed by atoms with Gasteiger partial charge in [-0.05, 0) is 18.6 Å². The molecule has 5 heteroatoms. The third-order valence-electron chi connectivity index (χ3n) is 2.02. The molecule has 0 aliphatic heterocycles. The molecule has 1 aromatic rings. The van der Waals surface area contributed by atoms with E-state index in [-0.39, 0.29) is 5.96 Å². The highest BCUT2D eigenvalue weighted by Gasteiger charge is 2.05. The van der Waals surface area contributed by atoms with Crippen LogP contribution in [0.4, 0.5) is 5.69 Å². The number of nitriles is 1. The van der Waals surface area contributed by atoms with Gasteiger partial charge in [0.25, 0.3) is 0 Å². The molecule has 0 aliphatic rings. The average molecular weight is 217 g/mol. The normalized spacial score (nSPS) is 10.9. The topological polar surface area (TPSA) is 78.3 Å². The van der Waals surface area contributed by atoms with Gasteiger partial charge >= 0.3 is 0 Å². The summed E-state index contributed by atoms with van der Waals surface area (Å²) < 4.78 is 0. The minimum absolute atomic E-state index is 0.212. The van der Waals surface area contributed by atoms with Crippen molar-refractivity contribution in [1.82, 2.24) is 9.88 Å². The molecule has 0 spiro atoms. The van der Waals surface area contributed by atoms with Crippen molar-refractivity contribution in [2.75, 3.05) is 6.54 Å². The van der Waals surface area contributed by atoms with Crippen LogP contribution in [-0.2, 0) is 0 Å². The van der Waals surface area contributed by atoms with Gasteiger partial charge in [-0.3, -0.25) is 4.98 Å². The SMILES string of the molecule is CCCCN(C#N)C(N)=Nc1cccnc1. The van der Waals surface area contributed by atoms with Crippen LogP contribution in [0.1, 0.15) is 19.8 Å². The zero-order valence-electron chi connectivity index (χ0n) is 9.30. The molecule has 5 nitrogen and oxygen atoms in total. The first-order chi connectivity index (χ1) is 7.77. The molecule has 0 atom stereocenters. The third-order valence-corrected chi connectivity index (χ3v) is 2.02. The van der Waals surface area contributed by atoms with Gasteiger partial charge in [0.2, 0.25) is 5.96 Å². The first-order valence-corrected chi connectivity index (χ1v) is 5.19. The monoisotopic (exact) mass is 217 g/mol.